The smallest absolute Gasteiger partial charge is 0.253 e. The van der Waals surface area contributed by atoms with Gasteiger partial charge in [-0.05, 0) is 56.2 Å². The fourth-order valence-corrected chi connectivity index (χ4v) is 3.85. The van der Waals surface area contributed by atoms with Crippen LogP contribution in [0.3, 0.4) is 0 Å². The van der Waals surface area contributed by atoms with E-state index in [1.165, 1.54) is 0 Å². The average Bonchev–Trinajstić information content (AvgIpc) is 3.32. The molecule has 7 heteroatoms. The van der Waals surface area contributed by atoms with Crippen molar-refractivity contribution < 1.29 is 18.7 Å². The van der Waals surface area contributed by atoms with Crippen LogP contribution in [0.1, 0.15) is 33.1 Å². The van der Waals surface area contributed by atoms with E-state index in [2.05, 4.69) is 25.8 Å². The number of hydrogen-bond acceptors (Lipinski definition) is 4. The largest absolute Gasteiger partial charge is 0.493 e. The standard InChI is InChI=1S/C22H25BrN2O4/c1-14-10-18(15(2)25(14)13-17-6-5-9-29-17)22(26)24-8-7-16-11-20(27-3)21(28-4)12-19(16)23/h5-6,9-12H,7-8,13H2,1-4H3,(H,24,26). The first-order valence-corrected chi connectivity index (χ1v) is 10.1. The van der Waals surface area contributed by atoms with Crippen molar-refractivity contribution in [2.45, 2.75) is 26.8 Å². The number of hydrogen-bond donors (Lipinski definition) is 1. The van der Waals surface area contributed by atoms with Gasteiger partial charge in [0.15, 0.2) is 11.5 Å². The maximum absolute atomic E-state index is 12.7. The lowest BCUT2D eigenvalue weighted by molar-refractivity contribution is 0.0953. The Morgan fingerprint density at radius 2 is 1.90 bits per heavy atom. The molecule has 0 saturated heterocycles. The second-order valence-corrected chi connectivity index (χ2v) is 7.61. The van der Waals surface area contributed by atoms with Crippen LogP contribution in [0.2, 0.25) is 0 Å². The SMILES string of the molecule is COc1cc(Br)c(CCNC(=O)c2cc(C)n(Cc3ccco3)c2C)cc1OC. The Labute approximate surface area is 178 Å². The van der Waals surface area contributed by atoms with Gasteiger partial charge in [0, 0.05) is 22.4 Å². The molecule has 3 aromatic rings. The van der Waals surface area contributed by atoms with Crippen LogP contribution in [0.25, 0.3) is 0 Å². The van der Waals surface area contributed by atoms with Gasteiger partial charge in [0.2, 0.25) is 0 Å². The van der Waals surface area contributed by atoms with Gasteiger partial charge in [-0.1, -0.05) is 15.9 Å². The number of halogens is 1. The molecule has 0 fully saturated rings. The van der Waals surface area contributed by atoms with Gasteiger partial charge >= 0.3 is 0 Å². The lowest BCUT2D eigenvalue weighted by atomic mass is 10.1. The fraction of sp³-hybridized carbons (Fsp3) is 0.318. The Morgan fingerprint density at radius 3 is 2.55 bits per heavy atom. The molecule has 0 spiro atoms. The number of benzene rings is 1. The predicted molar refractivity (Wildman–Crippen MR) is 115 cm³/mol. The highest BCUT2D eigenvalue weighted by Crippen LogP contribution is 2.33. The highest BCUT2D eigenvalue weighted by Gasteiger charge is 2.16. The summed E-state index contributed by atoms with van der Waals surface area (Å²) in [5.74, 6) is 2.10. The lowest BCUT2D eigenvalue weighted by Crippen LogP contribution is -2.26. The molecule has 0 unspecified atom stereocenters. The highest BCUT2D eigenvalue weighted by atomic mass is 79.9. The van der Waals surface area contributed by atoms with Crippen molar-refractivity contribution in [2.24, 2.45) is 0 Å². The summed E-state index contributed by atoms with van der Waals surface area (Å²) >= 11 is 3.56. The van der Waals surface area contributed by atoms with Crippen molar-refractivity contribution in [3.8, 4) is 11.5 Å². The topological polar surface area (TPSA) is 65.6 Å². The molecule has 29 heavy (non-hydrogen) atoms. The molecular formula is C22H25BrN2O4. The number of nitrogens with zero attached hydrogens (tertiary/aromatic N) is 1. The molecule has 3 rings (SSSR count). The van der Waals surface area contributed by atoms with Gasteiger partial charge in [-0.15, -0.1) is 0 Å². The van der Waals surface area contributed by atoms with E-state index >= 15 is 0 Å². The van der Waals surface area contributed by atoms with E-state index in [9.17, 15) is 4.79 Å². The number of furan rings is 1. The molecular weight excluding hydrogens is 436 g/mol. The number of carbonyl (C=O) groups excluding carboxylic acids is 1. The summed E-state index contributed by atoms with van der Waals surface area (Å²) in [5.41, 5.74) is 3.65. The average molecular weight is 461 g/mol. The van der Waals surface area contributed by atoms with Gasteiger partial charge in [0.05, 0.1) is 32.6 Å². The minimum atomic E-state index is -0.0830. The van der Waals surface area contributed by atoms with Crippen molar-refractivity contribution in [2.75, 3.05) is 20.8 Å². The third kappa shape index (κ3) is 4.67. The van der Waals surface area contributed by atoms with Gasteiger partial charge in [-0.3, -0.25) is 4.79 Å². The second-order valence-electron chi connectivity index (χ2n) is 6.75. The Kier molecular flexibility index (Phi) is 6.69. The molecule has 1 amide bonds. The number of nitrogens with one attached hydrogen (secondary N) is 1. The van der Waals surface area contributed by atoms with Gasteiger partial charge in [0.1, 0.15) is 5.76 Å². The summed E-state index contributed by atoms with van der Waals surface area (Å²) in [5, 5.41) is 3.01. The van der Waals surface area contributed by atoms with E-state index in [4.69, 9.17) is 13.9 Å². The van der Waals surface area contributed by atoms with E-state index in [1.807, 2.05) is 44.2 Å². The molecule has 1 N–H and O–H groups in total. The molecule has 6 nitrogen and oxygen atoms in total. The van der Waals surface area contributed by atoms with Crippen LogP contribution < -0.4 is 14.8 Å². The normalized spacial score (nSPS) is 10.8. The molecule has 154 valence electrons. The van der Waals surface area contributed by atoms with Gasteiger partial charge in [0.25, 0.3) is 5.91 Å². The molecule has 0 bridgehead atoms. The van der Waals surface area contributed by atoms with Crippen molar-refractivity contribution in [3.63, 3.8) is 0 Å². The Morgan fingerprint density at radius 1 is 1.17 bits per heavy atom. The lowest BCUT2D eigenvalue weighted by Gasteiger charge is -2.12. The monoisotopic (exact) mass is 460 g/mol. The number of aromatic nitrogens is 1. The van der Waals surface area contributed by atoms with E-state index in [0.29, 0.717) is 36.6 Å². The van der Waals surface area contributed by atoms with Gasteiger partial charge in [-0.2, -0.15) is 0 Å². The quantitative estimate of drug-likeness (QED) is 0.537. The third-order valence-electron chi connectivity index (χ3n) is 4.94. The maximum Gasteiger partial charge on any atom is 0.253 e. The molecule has 1 aromatic carbocycles. The minimum Gasteiger partial charge on any atom is -0.493 e. The van der Waals surface area contributed by atoms with E-state index in [-0.39, 0.29) is 5.91 Å². The minimum absolute atomic E-state index is 0.0830. The molecule has 2 heterocycles. The van der Waals surface area contributed by atoms with Crippen LogP contribution in [-0.4, -0.2) is 31.2 Å². The number of carbonyl (C=O) groups is 1. The highest BCUT2D eigenvalue weighted by molar-refractivity contribution is 9.10. The first kappa shape index (κ1) is 21.0. The van der Waals surface area contributed by atoms with E-state index in [0.717, 1.165) is 27.2 Å². The van der Waals surface area contributed by atoms with Crippen molar-refractivity contribution >= 4 is 21.8 Å². The molecule has 2 aromatic heterocycles. The van der Waals surface area contributed by atoms with E-state index in [1.54, 1.807) is 20.5 Å². The zero-order valence-corrected chi connectivity index (χ0v) is 18.6. The predicted octanol–water partition coefficient (Wildman–Crippen LogP) is 4.50. The van der Waals surface area contributed by atoms with Gasteiger partial charge in [-0.25, -0.2) is 0 Å². The number of rotatable bonds is 8. The van der Waals surface area contributed by atoms with Crippen molar-refractivity contribution in [1.29, 1.82) is 0 Å². The zero-order valence-electron chi connectivity index (χ0n) is 17.0. The van der Waals surface area contributed by atoms with Crippen LogP contribution in [0.15, 0.2) is 45.5 Å². The summed E-state index contributed by atoms with van der Waals surface area (Å²) in [6, 6.07) is 9.51. The molecule has 0 saturated carbocycles. The van der Waals surface area contributed by atoms with Crippen LogP contribution in [0.4, 0.5) is 0 Å². The molecule has 0 aliphatic rings. The molecule has 0 aliphatic carbocycles. The van der Waals surface area contributed by atoms with Crippen molar-refractivity contribution in [1.82, 2.24) is 9.88 Å². The molecule has 0 radical (unpaired) electrons. The zero-order chi connectivity index (χ0) is 21.0. The van der Waals surface area contributed by atoms with Crippen LogP contribution in [0, 0.1) is 13.8 Å². The summed E-state index contributed by atoms with van der Waals surface area (Å²) in [6.07, 6.45) is 2.32. The number of aryl methyl sites for hydroxylation is 1. The maximum atomic E-state index is 12.7. The van der Waals surface area contributed by atoms with Crippen LogP contribution in [0.5, 0.6) is 11.5 Å². The first-order chi connectivity index (χ1) is 13.9. The molecule has 0 aliphatic heterocycles. The Hall–Kier alpha value is -2.67. The van der Waals surface area contributed by atoms with Crippen molar-refractivity contribution in [3.05, 3.63) is 69.3 Å². The summed E-state index contributed by atoms with van der Waals surface area (Å²) in [4.78, 5) is 12.7. The summed E-state index contributed by atoms with van der Waals surface area (Å²) in [6.45, 7) is 5.06. The Balaban J connectivity index is 1.66. The van der Waals surface area contributed by atoms with Crippen LogP contribution >= 0.6 is 15.9 Å². The number of methoxy groups -OCH3 is 2. The number of ether oxygens (including phenoxy) is 2. The summed E-state index contributed by atoms with van der Waals surface area (Å²) in [7, 11) is 3.21. The summed E-state index contributed by atoms with van der Waals surface area (Å²) < 4.78 is 19.1. The second kappa shape index (κ2) is 9.22. The first-order valence-electron chi connectivity index (χ1n) is 9.32. The molecule has 0 atom stereocenters. The van der Waals surface area contributed by atoms with E-state index < -0.39 is 0 Å². The third-order valence-corrected chi connectivity index (χ3v) is 5.68. The Bertz CT molecular complexity index is 993. The van der Waals surface area contributed by atoms with Crippen LogP contribution in [-0.2, 0) is 13.0 Å². The van der Waals surface area contributed by atoms with Gasteiger partial charge < -0.3 is 23.8 Å². The number of amides is 1. The fourth-order valence-electron chi connectivity index (χ4n) is 3.33.